The molecule has 2 heterocycles. The highest BCUT2D eigenvalue weighted by Gasteiger charge is 2.29. The number of hydrogen-bond acceptors (Lipinski definition) is 8. The number of rotatable bonds is 7. The Morgan fingerprint density at radius 2 is 1.69 bits per heavy atom. The summed E-state index contributed by atoms with van der Waals surface area (Å²) in [5.41, 5.74) is 1.66. The summed E-state index contributed by atoms with van der Waals surface area (Å²) in [6.07, 6.45) is 1.37. The fraction of sp³-hybridized carbons (Fsp3) is 0.192. The van der Waals surface area contributed by atoms with Crippen molar-refractivity contribution >= 4 is 22.6 Å². The number of ether oxygens (including phenoxy) is 6. The fourth-order valence-electron chi connectivity index (χ4n) is 3.95. The van der Waals surface area contributed by atoms with E-state index in [0.717, 1.165) is 5.56 Å². The van der Waals surface area contributed by atoms with Gasteiger partial charge in [-0.05, 0) is 29.8 Å². The van der Waals surface area contributed by atoms with Gasteiger partial charge in [-0.1, -0.05) is 23.7 Å². The average molecular weight is 497 g/mol. The maximum absolute atomic E-state index is 13.6. The zero-order chi connectivity index (χ0) is 24.5. The van der Waals surface area contributed by atoms with Gasteiger partial charge in [0, 0.05) is 16.7 Å². The minimum atomic E-state index is -0.287. The van der Waals surface area contributed by atoms with Gasteiger partial charge in [-0.25, -0.2) is 0 Å². The van der Waals surface area contributed by atoms with E-state index in [9.17, 15) is 4.79 Å². The molecule has 0 spiro atoms. The molecule has 5 rings (SSSR count). The van der Waals surface area contributed by atoms with Crippen LogP contribution in [-0.2, 0) is 6.61 Å². The molecule has 0 atom stereocenters. The van der Waals surface area contributed by atoms with Crippen LogP contribution >= 0.6 is 11.6 Å². The lowest BCUT2D eigenvalue weighted by Gasteiger charge is -2.15. The molecule has 0 fully saturated rings. The second-order valence-electron chi connectivity index (χ2n) is 7.62. The Morgan fingerprint density at radius 3 is 2.43 bits per heavy atom. The van der Waals surface area contributed by atoms with Crippen LogP contribution in [0, 0.1) is 0 Å². The molecule has 0 saturated heterocycles. The van der Waals surface area contributed by atoms with E-state index in [1.54, 1.807) is 24.3 Å². The van der Waals surface area contributed by atoms with Crippen molar-refractivity contribution < 1.29 is 32.8 Å². The summed E-state index contributed by atoms with van der Waals surface area (Å²) in [4.78, 5) is 13.6. The lowest BCUT2D eigenvalue weighted by Crippen LogP contribution is -2.07. The van der Waals surface area contributed by atoms with Crippen molar-refractivity contribution in [3.8, 4) is 45.6 Å². The third-order valence-corrected chi connectivity index (χ3v) is 5.85. The maximum Gasteiger partial charge on any atom is 0.231 e. The molecule has 35 heavy (non-hydrogen) atoms. The van der Waals surface area contributed by atoms with Gasteiger partial charge in [0.2, 0.25) is 23.7 Å². The highest BCUT2D eigenvalue weighted by molar-refractivity contribution is 6.30. The van der Waals surface area contributed by atoms with Gasteiger partial charge in [-0.3, -0.25) is 4.79 Å². The summed E-state index contributed by atoms with van der Waals surface area (Å²) in [6.45, 7) is 0.284. The predicted molar refractivity (Wildman–Crippen MR) is 129 cm³/mol. The van der Waals surface area contributed by atoms with E-state index < -0.39 is 0 Å². The largest absolute Gasteiger partial charge is 0.493 e. The van der Waals surface area contributed by atoms with E-state index in [-0.39, 0.29) is 24.4 Å². The van der Waals surface area contributed by atoms with Gasteiger partial charge in [0.25, 0.3) is 0 Å². The maximum atomic E-state index is 13.6. The second kappa shape index (κ2) is 9.31. The smallest absolute Gasteiger partial charge is 0.231 e. The summed E-state index contributed by atoms with van der Waals surface area (Å²) in [5.74, 6) is 2.36. The standard InChI is InChI=1S/C26H21ClO8/c1-29-20-9-17-19(10-21(20)32-11-14-5-4-6-15(27)7-14)33-12-18(23(17)28)16-8-22(30-2)25-26(24(16)31-3)35-13-34-25/h4-10,12H,11,13H2,1-3H3. The van der Waals surface area contributed by atoms with E-state index in [1.807, 2.05) is 18.2 Å². The van der Waals surface area contributed by atoms with Crippen LogP contribution in [0.3, 0.4) is 0 Å². The molecule has 0 amide bonds. The van der Waals surface area contributed by atoms with E-state index in [0.29, 0.717) is 56.1 Å². The lowest BCUT2D eigenvalue weighted by molar-refractivity contribution is 0.168. The Bertz CT molecular complexity index is 1480. The molecule has 1 aliphatic heterocycles. The van der Waals surface area contributed by atoms with Crippen molar-refractivity contribution in [2.75, 3.05) is 28.1 Å². The minimum absolute atomic E-state index is 0.0208. The van der Waals surface area contributed by atoms with Crippen molar-refractivity contribution in [3.63, 3.8) is 0 Å². The van der Waals surface area contributed by atoms with Crippen LogP contribution in [0.5, 0.6) is 34.5 Å². The molecule has 8 nitrogen and oxygen atoms in total. The Balaban J connectivity index is 1.58. The molecule has 0 N–H and O–H groups in total. The molecule has 0 saturated carbocycles. The molecule has 1 aliphatic rings. The summed E-state index contributed by atoms with van der Waals surface area (Å²) < 4.78 is 39.3. The molecule has 0 bridgehead atoms. The van der Waals surface area contributed by atoms with E-state index in [4.69, 9.17) is 44.4 Å². The number of methoxy groups -OCH3 is 3. The minimum Gasteiger partial charge on any atom is -0.493 e. The Hall–Kier alpha value is -4.04. The van der Waals surface area contributed by atoms with Crippen molar-refractivity contribution in [3.05, 3.63) is 69.5 Å². The van der Waals surface area contributed by atoms with Crippen molar-refractivity contribution in [1.29, 1.82) is 0 Å². The van der Waals surface area contributed by atoms with Crippen LogP contribution < -0.4 is 33.8 Å². The third kappa shape index (κ3) is 4.06. The van der Waals surface area contributed by atoms with E-state index in [2.05, 4.69) is 0 Å². The summed E-state index contributed by atoms with van der Waals surface area (Å²) in [7, 11) is 4.50. The zero-order valence-corrected chi connectivity index (χ0v) is 19.9. The van der Waals surface area contributed by atoms with Gasteiger partial charge in [-0.2, -0.15) is 0 Å². The SMILES string of the molecule is COc1cc2c(=O)c(-c3cc(OC)c4c(c3OC)OCO4)coc2cc1OCc1cccc(Cl)c1. The molecule has 4 aromatic rings. The van der Waals surface area contributed by atoms with E-state index in [1.165, 1.54) is 27.6 Å². The van der Waals surface area contributed by atoms with Crippen LogP contribution in [0.25, 0.3) is 22.1 Å². The number of halogens is 1. The molecule has 180 valence electrons. The number of hydrogen-bond donors (Lipinski definition) is 0. The first-order valence-electron chi connectivity index (χ1n) is 10.6. The van der Waals surface area contributed by atoms with Gasteiger partial charge in [0.1, 0.15) is 18.5 Å². The molecule has 0 aliphatic carbocycles. The summed E-state index contributed by atoms with van der Waals surface area (Å²) >= 11 is 6.06. The van der Waals surface area contributed by atoms with E-state index >= 15 is 0 Å². The van der Waals surface area contributed by atoms with Gasteiger partial charge in [0.15, 0.2) is 23.0 Å². The highest BCUT2D eigenvalue weighted by atomic mass is 35.5. The predicted octanol–water partition coefficient (Wildman–Crippen LogP) is 5.45. The molecule has 3 aromatic carbocycles. The zero-order valence-electron chi connectivity index (χ0n) is 19.2. The average Bonchev–Trinajstić information content (AvgIpc) is 3.36. The Morgan fingerprint density at radius 1 is 0.886 bits per heavy atom. The number of benzene rings is 3. The van der Waals surface area contributed by atoms with Gasteiger partial charge < -0.3 is 32.8 Å². The summed E-state index contributed by atoms with van der Waals surface area (Å²) in [6, 6.07) is 12.2. The molecule has 0 unspecified atom stereocenters. The summed E-state index contributed by atoms with van der Waals surface area (Å²) in [5, 5.41) is 0.929. The first kappa shape index (κ1) is 22.7. The normalized spacial score (nSPS) is 12.0. The van der Waals surface area contributed by atoms with Crippen LogP contribution in [0.2, 0.25) is 5.02 Å². The van der Waals surface area contributed by atoms with Crippen LogP contribution in [0.4, 0.5) is 0 Å². The van der Waals surface area contributed by atoms with Crippen molar-refractivity contribution in [2.45, 2.75) is 6.61 Å². The highest BCUT2D eigenvalue weighted by Crippen LogP contribution is 2.52. The third-order valence-electron chi connectivity index (χ3n) is 5.62. The van der Waals surface area contributed by atoms with Crippen LogP contribution in [0.15, 0.2) is 57.9 Å². The molecular formula is C26H21ClO8. The van der Waals surface area contributed by atoms with Gasteiger partial charge in [0.05, 0.1) is 32.3 Å². The van der Waals surface area contributed by atoms with Gasteiger partial charge in [-0.15, -0.1) is 0 Å². The second-order valence-corrected chi connectivity index (χ2v) is 8.06. The first-order valence-corrected chi connectivity index (χ1v) is 11.0. The monoisotopic (exact) mass is 496 g/mol. The van der Waals surface area contributed by atoms with Crippen molar-refractivity contribution in [1.82, 2.24) is 0 Å². The van der Waals surface area contributed by atoms with Crippen LogP contribution in [0.1, 0.15) is 5.56 Å². The van der Waals surface area contributed by atoms with Crippen LogP contribution in [-0.4, -0.2) is 28.1 Å². The lowest BCUT2D eigenvalue weighted by atomic mass is 10.0. The molecular weight excluding hydrogens is 476 g/mol. The first-order chi connectivity index (χ1) is 17.0. The molecule has 9 heteroatoms. The quantitative estimate of drug-likeness (QED) is 0.334. The van der Waals surface area contributed by atoms with Gasteiger partial charge >= 0.3 is 0 Å². The topological polar surface area (TPSA) is 85.6 Å². The number of fused-ring (bicyclic) bond motifs is 2. The Kier molecular flexibility index (Phi) is 6.05. The van der Waals surface area contributed by atoms with Crippen molar-refractivity contribution in [2.24, 2.45) is 0 Å². The fourth-order valence-corrected chi connectivity index (χ4v) is 4.17. The molecule has 1 aromatic heterocycles. The Labute approximate surface area is 205 Å². The molecule has 0 radical (unpaired) electrons.